The number of anilines is 3. The molecule has 0 fully saturated rings. The van der Waals surface area contributed by atoms with Crippen LogP contribution < -0.4 is 10.4 Å². The summed E-state index contributed by atoms with van der Waals surface area (Å²) in [6, 6.07) is 41.6. The lowest BCUT2D eigenvalue weighted by Crippen LogP contribution is -2.30. The fraction of sp³-hybridized carbons (Fsp3) is 0.0682. The number of aliphatic imine (C=N–C) groups is 1. The topological polar surface area (TPSA) is 56.1 Å². The maximum absolute atomic E-state index is 9.85. The molecule has 2 N–H and O–H groups in total. The minimum absolute atomic E-state index is 0.425. The van der Waals surface area contributed by atoms with E-state index in [2.05, 4.69) is 132 Å². The van der Waals surface area contributed by atoms with Gasteiger partial charge in [-0.1, -0.05) is 135 Å². The zero-order chi connectivity index (χ0) is 34.4. The van der Waals surface area contributed by atoms with E-state index in [1.54, 1.807) is 25.3 Å². The number of fused-ring (bicyclic) bond motifs is 3. The molecule has 0 bridgehead atoms. The molecule has 5 aromatic rings. The molecule has 6 rings (SSSR count). The van der Waals surface area contributed by atoms with E-state index in [-0.39, 0.29) is 0 Å². The summed E-state index contributed by atoms with van der Waals surface area (Å²) in [5.41, 5.74) is 11.4. The fourth-order valence-corrected chi connectivity index (χ4v) is 6.91. The molecule has 0 radical (unpaired) electrons. The average Bonchev–Trinajstić information content (AvgIpc) is 3.44. The highest BCUT2D eigenvalue weighted by molar-refractivity contribution is 6.58. The SMILES string of the molecule is C=C/C=C\C(=NC)c1ccc(N(c2ccc(B(O)O)cc2)c2ccc3c(c2)C(/C(C=C)=C/C=C\C)(c2ccccc2)c2ccccc2-3)cc1. The minimum atomic E-state index is -1.55. The minimum Gasteiger partial charge on any atom is -0.423 e. The number of hydrogen-bond acceptors (Lipinski definition) is 4. The van der Waals surface area contributed by atoms with Gasteiger partial charge < -0.3 is 14.9 Å². The summed E-state index contributed by atoms with van der Waals surface area (Å²) in [4.78, 5) is 6.66. The van der Waals surface area contributed by atoms with Gasteiger partial charge in [-0.25, -0.2) is 0 Å². The molecule has 5 heteroatoms. The standard InChI is InChI=1S/C44H39BN2O2/c1-5-8-15-33(7-3)44(34-16-11-10-12-17-34)41-19-14-13-18-39(41)40-30-29-38(31-42(40)44)47(37-27-23-35(24-28-37)45(48)49)36-25-21-32(22-26-36)43(46-4)20-9-6-2/h5-31,48-49H,2-3H2,1,4H3/b8-5-,20-9-,33-15+,46-43?. The van der Waals surface area contributed by atoms with Crippen LogP contribution in [0.15, 0.2) is 188 Å². The van der Waals surface area contributed by atoms with E-state index < -0.39 is 12.5 Å². The van der Waals surface area contributed by atoms with Crippen LogP contribution in [0.2, 0.25) is 0 Å². The molecule has 0 spiro atoms. The first-order valence-corrected chi connectivity index (χ1v) is 16.4. The van der Waals surface area contributed by atoms with Crippen LogP contribution in [0.1, 0.15) is 29.2 Å². The van der Waals surface area contributed by atoms with Crippen molar-refractivity contribution in [1.82, 2.24) is 0 Å². The Morgan fingerprint density at radius 2 is 1.37 bits per heavy atom. The maximum atomic E-state index is 9.85. The van der Waals surface area contributed by atoms with Crippen molar-refractivity contribution in [2.75, 3.05) is 11.9 Å². The quantitative estimate of drug-likeness (QED) is 0.0863. The number of benzene rings is 5. The molecule has 0 aliphatic heterocycles. The van der Waals surface area contributed by atoms with Gasteiger partial charge in [-0.3, -0.25) is 4.99 Å². The van der Waals surface area contributed by atoms with Crippen LogP contribution >= 0.6 is 0 Å². The Labute approximate surface area is 289 Å². The highest BCUT2D eigenvalue weighted by Gasteiger charge is 2.46. The molecule has 0 heterocycles. The largest absolute Gasteiger partial charge is 0.488 e. The van der Waals surface area contributed by atoms with Crippen LogP contribution in [-0.2, 0) is 5.41 Å². The van der Waals surface area contributed by atoms with Crippen molar-refractivity contribution in [3.8, 4) is 11.1 Å². The van der Waals surface area contributed by atoms with E-state index >= 15 is 0 Å². The first-order valence-electron chi connectivity index (χ1n) is 16.4. The van der Waals surface area contributed by atoms with E-state index in [1.807, 2.05) is 43.4 Å². The zero-order valence-corrected chi connectivity index (χ0v) is 27.9. The second-order valence-corrected chi connectivity index (χ2v) is 11.8. The van der Waals surface area contributed by atoms with Gasteiger partial charge in [0.05, 0.1) is 11.1 Å². The predicted octanol–water partition coefficient (Wildman–Crippen LogP) is 9.00. The van der Waals surface area contributed by atoms with Crippen molar-refractivity contribution in [3.63, 3.8) is 0 Å². The van der Waals surface area contributed by atoms with Crippen LogP contribution in [0.25, 0.3) is 11.1 Å². The lowest BCUT2D eigenvalue weighted by molar-refractivity contribution is 0.426. The van der Waals surface area contributed by atoms with Gasteiger partial charge in [0.25, 0.3) is 0 Å². The summed E-state index contributed by atoms with van der Waals surface area (Å²) in [6.07, 6.45) is 13.8. The van der Waals surface area contributed by atoms with Gasteiger partial charge >= 0.3 is 7.12 Å². The molecule has 0 aromatic heterocycles. The molecule has 240 valence electrons. The van der Waals surface area contributed by atoms with Gasteiger partial charge in [0.1, 0.15) is 0 Å². The first-order chi connectivity index (χ1) is 24.0. The molecule has 49 heavy (non-hydrogen) atoms. The molecule has 1 aliphatic carbocycles. The van der Waals surface area contributed by atoms with E-state index in [9.17, 15) is 10.0 Å². The van der Waals surface area contributed by atoms with Crippen LogP contribution in [-0.4, -0.2) is 29.9 Å². The van der Waals surface area contributed by atoms with Crippen molar-refractivity contribution < 1.29 is 10.0 Å². The molecule has 4 nitrogen and oxygen atoms in total. The Hall–Kier alpha value is -5.75. The van der Waals surface area contributed by atoms with Crippen LogP contribution in [0.4, 0.5) is 17.1 Å². The summed E-state index contributed by atoms with van der Waals surface area (Å²) in [7, 11) is 0.229. The highest BCUT2D eigenvalue weighted by atomic mass is 16.4. The van der Waals surface area contributed by atoms with E-state index in [4.69, 9.17) is 0 Å². The normalized spacial score (nSPS) is 15.7. The molecule has 1 aliphatic rings. The van der Waals surface area contributed by atoms with Gasteiger partial charge in [-0.05, 0) is 93.8 Å². The monoisotopic (exact) mass is 638 g/mol. The number of rotatable bonds is 11. The van der Waals surface area contributed by atoms with Gasteiger partial charge in [-0.2, -0.15) is 0 Å². The van der Waals surface area contributed by atoms with Gasteiger partial charge in [0.15, 0.2) is 0 Å². The average molecular weight is 639 g/mol. The lowest BCUT2D eigenvalue weighted by atomic mass is 9.67. The van der Waals surface area contributed by atoms with Crippen molar-refractivity contribution in [3.05, 3.63) is 205 Å². The molecule has 5 aromatic carbocycles. The fourth-order valence-electron chi connectivity index (χ4n) is 6.91. The van der Waals surface area contributed by atoms with Gasteiger partial charge in [0.2, 0.25) is 0 Å². The van der Waals surface area contributed by atoms with Crippen molar-refractivity contribution in [1.29, 1.82) is 0 Å². The van der Waals surface area contributed by atoms with Gasteiger partial charge in [-0.15, -0.1) is 0 Å². The Morgan fingerprint density at radius 1 is 0.735 bits per heavy atom. The first kappa shape index (κ1) is 33.2. The van der Waals surface area contributed by atoms with E-state index in [0.29, 0.717) is 5.46 Å². The summed E-state index contributed by atoms with van der Waals surface area (Å²) in [5.74, 6) is 0. The van der Waals surface area contributed by atoms with Crippen LogP contribution in [0.5, 0.6) is 0 Å². The third-order valence-corrected chi connectivity index (χ3v) is 9.12. The predicted molar refractivity (Wildman–Crippen MR) is 208 cm³/mol. The summed E-state index contributed by atoms with van der Waals surface area (Å²) in [6.45, 7) is 10.1. The summed E-state index contributed by atoms with van der Waals surface area (Å²) in [5, 5.41) is 19.7. The molecular weight excluding hydrogens is 599 g/mol. The van der Waals surface area contributed by atoms with Gasteiger partial charge in [0, 0.05) is 24.1 Å². The molecular formula is C44H39BN2O2. The smallest absolute Gasteiger partial charge is 0.423 e. The Balaban J connectivity index is 1.61. The summed E-state index contributed by atoms with van der Waals surface area (Å²) < 4.78 is 0. The lowest BCUT2D eigenvalue weighted by Gasteiger charge is -2.35. The number of hydrogen-bond donors (Lipinski definition) is 2. The Morgan fingerprint density at radius 3 is 2.00 bits per heavy atom. The number of allylic oxidation sites excluding steroid dienone is 8. The third kappa shape index (κ3) is 6.06. The summed E-state index contributed by atoms with van der Waals surface area (Å²) >= 11 is 0. The molecule has 0 amide bonds. The molecule has 1 atom stereocenters. The number of nitrogens with zero attached hydrogens (tertiary/aromatic N) is 2. The third-order valence-electron chi connectivity index (χ3n) is 9.12. The molecule has 0 saturated carbocycles. The van der Waals surface area contributed by atoms with Crippen molar-refractivity contribution in [2.45, 2.75) is 12.3 Å². The molecule has 0 saturated heterocycles. The molecule has 1 unspecified atom stereocenters. The van der Waals surface area contributed by atoms with Crippen molar-refractivity contribution in [2.24, 2.45) is 4.99 Å². The second kappa shape index (κ2) is 14.6. The Kier molecular flexibility index (Phi) is 9.86. The maximum Gasteiger partial charge on any atom is 0.488 e. The zero-order valence-electron chi connectivity index (χ0n) is 27.9. The van der Waals surface area contributed by atoms with Crippen LogP contribution in [0, 0.1) is 0 Å². The van der Waals surface area contributed by atoms with E-state index in [0.717, 1.165) is 45.0 Å². The second-order valence-electron chi connectivity index (χ2n) is 11.8. The van der Waals surface area contributed by atoms with Crippen molar-refractivity contribution >= 4 is 35.4 Å². The highest BCUT2D eigenvalue weighted by Crippen LogP contribution is 2.57. The van der Waals surface area contributed by atoms with Crippen LogP contribution in [0.3, 0.4) is 0 Å². The Bertz CT molecular complexity index is 2090. The van der Waals surface area contributed by atoms with E-state index in [1.165, 1.54) is 16.7 Å².